The molecule has 0 aliphatic heterocycles. The van der Waals surface area contributed by atoms with Gasteiger partial charge >= 0.3 is 0 Å². The molecule has 9 heavy (non-hydrogen) atoms. The van der Waals surface area contributed by atoms with Crippen molar-refractivity contribution in [3.05, 3.63) is 0 Å². The fourth-order valence-electron chi connectivity index (χ4n) is 0. The minimum absolute atomic E-state index is 0. The molecule has 55 valence electrons. The second-order valence-electron chi connectivity index (χ2n) is 0.434. The molecule has 0 spiro atoms. The zero-order valence-corrected chi connectivity index (χ0v) is 5.63. The molecule has 2 unspecified atom stereocenters. The summed E-state index contributed by atoms with van der Waals surface area (Å²) in [6, 6.07) is 0. The fourth-order valence-corrected chi connectivity index (χ4v) is 0. The molecule has 0 aromatic rings. The molecule has 0 heterocycles. The van der Waals surface area contributed by atoms with E-state index in [0.717, 1.165) is 0 Å². The maximum Gasteiger partial charge on any atom is 0.274 e. The summed E-state index contributed by atoms with van der Waals surface area (Å²) < 4.78 is 33.6. The van der Waals surface area contributed by atoms with Crippen LogP contribution in [-0.4, -0.2) is 36.5 Å². The Morgan fingerprint density at radius 2 is 1.00 bits per heavy atom. The van der Waals surface area contributed by atoms with Gasteiger partial charge in [-0.1, -0.05) is 0 Å². The van der Waals surface area contributed by atoms with Gasteiger partial charge in [-0.15, -0.1) is 0 Å². The van der Waals surface area contributed by atoms with Gasteiger partial charge in [0, 0.05) is 8.41 Å². The molecule has 9 heteroatoms. The Bertz CT molecular complexity index is 77.1. The molecule has 2 atom stereocenters. The van der Waals surface area contributed by atoms with Gasteiger partial charge in [-0.2, -0.15) is 0 Å². The molecule has 0 amide bonds. The van der Waals surface area contributed by atoms with E-state index in [9.17, 15) is 8.42 Å². The monoisotopic (exact) mass is 175 g/mol. The number of hydrogen-bond acceptors (Lipinski definition) is 4. The summed E-state index contributed by atoms with van der Waals surface area (Å²) in [5.74, 6) is 0. The van der Waals surface area contributed by atoms with E-state index < -0.39 is 20.2 Å². The molecule has 0 rings (SSSR count). The van der Waals surface area contributed by atoms with Crippen molar-refractivity contribution in [1.29, 1.82) is 0 Å². The lowest BCUT2D eigenvalue weighted by Gasteiger charge is -1.74. The van der Waals surface area contributed by atoms with Crippen molar-refractivity contribution in [2.75, 3.05) is 0 Å². The molecule has 6 nitrogen and oxygen atoms in total. The van der Waals surface area contributed by atoms with Gasteiger partial charge in [-0.3, -0.25) is 19.6 Å². The van der Waals surface area contributed by atoms with Crippen LogP contribution in [0.5, 0.6) is 0 Å². The van der Waals surface area contributed by atoms with E-state index in [0.29, 0.717) is 0 Å². The molecule has 0 saturated carbocycles. The smallest absolute Gasteiger partial charge is 0.274 e. The molecule has 0 fully saturated rings. The largest absolute Gasteiger partial charge is 0.294 e. The first-order chi connectivity index (χ1) is 3.64. The van der Waals surface area contributed by atoms with Crippen LogP contribution in [0.1, 0.15) is 0 Å². The normalized spacial score (nSPS) is 13.8. The lowest BCUT2D eigenvalue weighted by molar-refractivity contribution is -0.176. The van der Waals surface area contributed by atoms with E-state index in [-0.39, 0.29) is 8.41 Å². The molecular formula is H4BO6S2. The van der Waals surface area contributed by atoms with Crippen LogP contribution in [-0.2, 0) is 20.2 Å². The maximum atomic E-state index is 9.26. The maximum absolute atomic E-state index is 9.26. The molecule has 3 radical (unpaired) electrons. The Labute approximate surface area is 57.4 Å². The van der Waals surface area contributed by atoms with Gasteiger partial charge in [0.05, 0.1) is 0 Å². The van der Waals surface area contributed by atoms with Crippen LogP contribution in [0.25, 0.3) is 0 Å². The topological polar surface area (TPSA) is 115 Å². The van der Waals surface area contributed by atoms with E-state index in [1.54, 1.807) is 0 Å². The standard InChI is InChI=1S/B.H2O4S2.H2O2/c;1-5(2)6(3)4;1-2/h;(H,1,2)(H,3,4);1-2H. The first-order valence-electron chi connectivity index (χ1n) is 1.07. The van der Waals surface area contributed by atoms with E-state index in [2.05, 4.69) is 0 Å². The summed E-state index contributed by atoms with van der Waals surface area (Å²) >= 11 is 0. The Balaban J connectivity index is -0.000000109. The van der Waals surface area contributed by atoms with Crippen molar-refractivity contribution in [3.8, 4) is 0 Å². The Morgan fingerprint density at radius 1 is 0.889 bits per heavy atom. The van der Waals surface area contributed by atoms with Crippen LogP contribution < -0.4 is 0 Å². The van der Waals surface area contributed by atoms with Crippen LogP contribution in [0, 0.1) is 0 Å². The zero-order chi connectivity index (χ0) is 7.15. The average Bonchev–Trinajstić information content (AvgIpc) is 1.72. The highest BCUT2D eigenvalue weighted by molar-refractivity contribution is 8.56. The van der Waals surface area contributed by atoms with Crippen molar-refractivity contribution in [3.63, 3.8) is 0 Å². The summed E-state index contributed by atoms with van der Waals surface area (Å²) in [7, 11) is -5.18. The molecular weight excluding hydrogens is 171 g/mol. The van der Waals surface area contributed by atoms with Crippen molar-refractivity contribution in [1.82, 2.24) is 0 Å². The van der Waals surface area contributed by atoms with Gasteiger partial charge in [0.2, 0.25) is 0 Å². The van der Waals surface area contributed by atoms with Crippen LogP contribution >= 0.6 is 0 Å². The lowest BCUT2D eigenvalue weighted by atomic mass is 10.8. The SMILES string of the molecule is O=S(O)S(=O)O.OO.[B]. The lowest BCUT2D eigenvalue weighted by Crippen LogP contribution is -1.93. The summed E-state index contributed by atoms with van der Waals surface area (Å²) in [6.45, 7) is 0. The molecule has 0 aliphatic rings. The second-order valence-corrected chi connectivity index (χ2v) is 3.01. The van der Waals surface area contributed by atoms with Crippen molar-refractivity contribution in [2.45, 2.75) is 0 Å². The molecule has 4 N–H and O–H groups in total. The Kier molecular flexibility index (Phi) is 19.8. The van der Waals surface area contributed by atoms with Crippen molar-refractivity contribution >= 4 is 28.6 Å². The van der Waals surface area contributed by atoms with Gasteiger partial charge in [0.15, 0.2) is 0 Å². The Morgan fingerprint density at radius 3 is 1.00 bits per heavy atom. The average molecular weight is 175 g/mol. The second kappa shape index (κ2) is 11.1. The Hall–Kier alpha value is 0.205. The predicted octanol–water partition coefficient (Wildman–Crippen LogP) is -1.02. The highest BCUT2D eigenvalue weighted by Gasteiger charge is 1.95. The van der Waals surface area contributed by atoms with E-state index in [1.807, 2.05) is 0 Å². The fraction of sp³-hybridized carbons (Fsp3) is 0. The molecule has 0 aromatic carbocycles. The zero-order valence-electron chi connectivity index (χ0n) is 4.00. The highest BCUT2D eigenvalue weighted by atomic mass is 33.2. The van der Waals surface area contributed by atoms with Gasteiger partial charge < -0.3 is 0 Å². The molecule has 0 saturated heterocycles. The number of hydrogen-bond donors (Lipinski definition) is 4. The third kappa shape index (κ3) is 17.9. The minimum atomic E-state index is -2.59. The van der Waals surface area contributed by atoms with Crippen molar-refractivity contribution < 1.29 is 28.0 Å². The summed E-state index contributed by atoms with van der Waals surface area (Å²) in [5, 5.41) is 12.0. The van der Waals surface area contributed by atoms with E-state index in [4.69, 9.17) is 19.6 Å². The highest BCUT2D eigenvalue weighted by Crippen LogP contribution is 1.74. The summed E-state index contributed by atoms with van der Waals surface area (Å²) in [5.41, 5.74) is 0. The van der Waals surface area contributed by atoms with Crippen LogP contribution in [0.3, 0.4) is 0 Å². The van der Waals surface area contributed by atoms with Crippen LogP contribution in [0.2, 0.25) is 0 Å². The number of rotatable bonds is 1. The first-order valence-corrected chi connectivity index (χ1v) is 3.80. The molecule has 0 bridgehead atoms. The minimum Gasteiger partial charge on any atom is -0.294 e. The predicted molar refractivity (Wildman–Crippen MR) is 32.6 cm³/mol. The molecule has 0 aliphatic carbocycles. The third-order valence-corrected chi connectivity index (χ3v) is 1.10. The van der Waals surface area contributed by atoms with Gasteiger partial charge in [-0.05, 0) is 0 Å². The summed E-state index contributed by atoms with van der Waals surface area (Å²) in [4.78, 5) is 0. The molecule has 0 aromatic heterocycles. The van der Waals surface area contributed by atoms with Gasteiger partial charge in [0.25, 0.3) is 20.2 Å². The van der Waals surface area contributed by atoms with Crippen LogP contribution in [0.15, 0.2) is 0 Å². The van der Waals surface area contributed by atoms with Crippen molar-refractivity contribution in [2.24, 2.45) is 0 Å². The van der Waals surface area contributed by atoms with Crippen LogP contribution in [0.4, 0.5) is 0 Å². The third-order valence-electron chi connectivity index (χ3n) is 0.122. The van der Waals surface area contributed by atoms with Gasteiger partial charge in [0.1, 0.15) is 0 Å². The van der Waals surface area contributed by atoms with Gasteiger partial charge in [-0.25, -0.2) is 8.42 Å². The van der Waals surface area contributed by atoms with E-state index in [1.165, 1.54) is 0 Å². The van der Waals surface area contributed by atoms with E-state index >= 15 is 0 Å². The quantitative estimate of drug-likeness (QED) is 0.133. The first kappa shape index (κ1) is 16.1. The summed E-state index contributed by atoms with van der Waals surface area (Å²) in [6.07, 6.45) is 0.